The minimum Gasteiger partial charge on any atom is -0.399 e. The fourth-order valence-corrected chi connectivity index (χ4v) is 3.98. The standard InChI is InChI=1S/C22H29N5OS/c1-4-5-10-25-22(28)27-14(2)11-16-12-20(29-3)19(24)13-18(16)21(26-27)15-6-8-17(23)9-7-15/h6-9,12-14H,4-5,10-11,23-24H2,1-3H3,(H,25,28). The Morgan fingerprint density at radius 1 is 1.28 bits per heavy atom. The van der Waals surface area contributed by atoms with Gasteiger partial charge in [-0.25, -0.2) is 9.80 Å². The van der Waals surface area contributed by atoms with Crippen LogP contribution in [0.5, 0.6) is 0 Å². The van der Waals surface area contributed by atoms with Crippen LogP contribution in [0.1, 0.15) is 43.4 Å². The Kier molecular flexibility index (Phi) is 6.69. The van der Waals surface area contributed by atoms with Gasteiger partial charge in [0, 0.05) is 33.9 Å². The van der Waals surface area contributed by atoms with Crippen molar-refractivity contribution in [3.05, 3.63) is 53.1 Å². The summed E-state index contributed by atoms with van der Waals surface area (Å²) < 4.78 is 0. The Morgan fingerprint density at radius 3 is 2.66 bits per heavy atom. The number of carbonyl (C=O) groups excluding carboxylic acids is 1. The number of nitrogens with one attached hydrogen (secondary N) is 1. The van der Waals surface area contributed by atoms with Crippen LogP contribution in [0.2, 0.25) is 0 Å². The van der Waals surface area contributed by atoms with Crippen molar-refractivity contribution in [2.45, 2.75) is 44.0 Å². The number of nitrogens with zero attached hydrogens (tertiary/aromatic N) is 2. The molecule has 3 rings (SSSR count). The van der Waals surface area contributed by atoms with Crippen LogP contribution in [0.4, 0.5) is 16.2 Å². The smallest absolute Gasteiger partial charge is 0.338 e. The average Bonchev–Trinajstić information content (AvgIpc) is 2.84. The summed E-state index contributed by atoms with van der Waals surface area (Å²) in [6.07, 6.45) is 4.68. The number of carbonyl (C=O) groups is 1. The van der Waals surface area contributed by atoms with Gasteiger partial charge in [-0.1, -0.05) is 25.5 Å². The number of hydrazone groups is 1. The zero-order valence-electron chi connectivity index (χ0n) is 17.2. The molecule has 2 aromatic carbocycles. The molecule has 0 bridgehead atoms. The lowest BCUT2D eigenvalue weighted by Crippen LogP contribution is -2.42. The summed E-state index contributed by atoms with van der Waals surface area (Å²) in [4.78, 5) is 13.9. The van der Waals surface area contributed by atoms with Gasteiger partial charge in [0.05, 0.1) is 11.8 Å². The number of nitrogen functional groups attached to an aromatic ring is 2. The molecular weight excluding hydrogens is 382 g/mol. The second-order valence-electron chi connectivity index (χ2n) is 7.31. The molecule has 1 atom stereocenters. The summed E-state index contributed by atoms with van der Waals surface area (Å²) in [6, 6.07) is 11.4. The highest BCUT2D eigenvalue weighted by Crippen LogP contribution is 2.31. The van der Waals surface area contributed by atoms with Crippen LogP contribution in [0.25, 0.3) is 0 Å². The number of fused-ring (bicyclic) bond motifs is 1. The first kappa shape index (κ1) is 21.0. The molecule has 154 valence electrons. The largest absolute Gasteiger partial charge is 0.399 e. The van der Waals surface area contributed by atoms with Crippen molar-refractivity contribution in [1.29, 1.82) is 0 Å². The van der Waals surface area contributed by atoms with E-state index in [9.17, 15) is 4.79 Å². The molecule has 0 fully saturated rings. The highest BCUT2D eigenvalue weighted by molar-refractivity contribution is 7.98. The summed E-state index contributed by atoms with van der Waals surface area (Å²) in [5.41, 5.74) is 17.3. The first-order chi connectivity index (χ1) is 13.9. The Hall–Kier alpha value is -2.67. The van der Waals surface area contributed by atoms with E-state index in [0.29, 0.717) is 24.3 Å². The number of urea groups is 1. The molecule has 6 nitrogen and oxygen atoms in total. The van der Waals surface area contributed by atoms with Gasteiger partial charge in [0.25, 0.3) is 0 Å². The molecule has 7 heteroatoms. The third-order valence-corrected chi connectivity index (χ3v) is 5.84. The van der Waals surface area contributed by atoms with Gasteiger partial charge >= 0.3 is 6.03 Å². The zero-order valence-corrected chi connectivity index (χ0v) is 18.1. The number of amides is 2. The van der Waals surface area contributed by atoms with Gasteiger partial charge in [0.1, 0.15) is 0 Å². The third-order valence-electron chi connectivity index (χ3n) is 5.05. The molecule has 0 aliphatic carbocycles. The molecule has 0 radical (unpaired) electrons. The second kappa shape index (κ2) is 9.22. The van der Waals surface area contributed by atoms with Crippen LogP contribution in [-0.2, 0) is 6.42 Å². The number of unbranched alkanes of at least 4 members (excludes halogenated alkanes) is 1. The van der Waals surface area contributed by atoms with E-state index in [0.717, 1.165) is 40.1 Å². The van der Waals surface area contributed by atoms with E-state index in [1.807, 2.05) is 43.5 Å². The van der Waals surface area contributed by atoms with Crippen molar-refractivity contribution < 1.29 is 4.79 Å². The van der Waals surface area contributed by atoms with E-state index in [1.54, 1.807) is 16.8 Å². The first-order valence-electron chi connectivity index (χ1n) is 9.93. The van der Waals surface area contributed by atoms with Crippen LogP contribution in [0, 0.1) is 0 Å². The highest BCUT2D eigenvalue weighted by Gasteiger charge is 2.28. The lowest BCUT2D eigenvalue weighted by Gasteiger charge is -2.23. The summed E-state index contributed by atoms with van der Waals surface area (Å²) in [5, 5.41) is 9.36. The van der Waals surface area contributed by atoms with Crippen molar-refractivity contribution in [1.82, 2.24) is 10.3 Å². The fraction of sp³-hybridized carbons (Fsp3) is 0.364. The van der Waals surface area contributed by atoms with E-state index in [2.05, 4.69) is 18.3 Å². The summed E-state index contributed by atoms with van der Waals surface area (Å²) in [5.74, 6) is 0. The molecule has 0 saturated carbocycles. The minimum atomic E-state index is -0.176. The number of hydrogen-bond acceptors (Lipinski definition) is 5. The Labute approximate surface area is 176 Å². The van der Waals surface area contributed by atoms with Gasteiger partial charge in [-0.05, 0) is 55.9 Å². The minimum absolute atomic E-state index is 0.0833. The Bertz CT molecular complexity index is 910. The molecule has 1 heterocycles. The maximum Gasteiger partial charge on any atom is 0.338 e. The molecule has 0 saturated heterocycles. The molecule has 29 heavy (non-hydrogen) atoms. The lowest BCUT2D eigenvalue weighted by molar-refractivity contribution is 0.182. The third kappa shape index (κ3) is 4.67. The molecule has 1 aliphatic heterocycles. The van der Waals surface area contributed by atoms with Crippen molar-refractivity contribution in [2.75, 3.05) is 24.3 Å². The van der Waals surface area contributed by atoms with Crippen LogP contribution in [0.15, 0.2) is 46.4 Å². The molecule has 2 aromatic rings. The molecule has 0 spiro atoms. The number of thioether (sulfide) groups is 1. The zero-order chi connectivity index (χ0) is 21.0. The number of benzene rings is 2. The van der Waals surface area contributed by atoms with Gasteiger partial charge in [-0.2, -0.15) is 5.10 Å². The van der Waals surface area contributed by atoms with Gasteiger partial charge < -0.3 is 16.8 Å². The van der Waals surface area contributed by atoms with E-state index in [1.165, 1.54) is 0 Å². The van der Waals surface area contributed by atoms with Crippen LogP contribution < -0.4 is 16.8 Å². The van der Waals surface area contributed by atoms with Gasteiger partial charge in [-0.3, -0.25) is 0 Å². The fourth-order valence-electron chi connectivity index (χ4n) is 3.42. The quantitative estimate of drug-likeness (QED) is 0.392. The monoisotopic (exact) mass is 411 g/mol. The maximum absolute atomic E-state index is 12.9. The van der Waals surface area contributed by atoms with Crippen LogP contribution in [0.3, 0.4) is 0 Å². The number of rotatable bonds is 5. The topological polar surface area (TPSA) is 96.7 Å². The van der Waals surface area contributed by atoms with Crippen LogP contribution >= 0.6 is 11.8 Å². The average molecular weight is 412 g/mol. The maximum atomic E-state index is 12.9. The van der Waals surface area contributed by atoms with Crippen molar-refractivity contribution in [3.8, 4) is 0 Å². The number of hydrogen-bond donors (Lipinski definition) is 3. The predicted molar refractivity (Wildman–Crippen MR) is 122 cm³/mol. The first-order valence-corrected chi connectivity index (χ1v) is 11.1. The molecule has 1 unspecified atom stereocenters. The normalized spacial score (nSPS) is 16.0. The molecule has 0 aromatic heterocycles. The van der Waals surface area contributed by atoms with Crippen molar-refractivity contribution in [3.63, 3.8) is 0 Å². The molecule has 2 amide bonds. The Morgan fingerprint density at radius 2 is 2.00 bits per heavy atom. The van der Waals surface area contributed by atoms with E-state index < -0.39 is 0 Å². The highest BCUT2D eigenvalue weighted by atomic mass is 32.2. The Balaban J connectivity index is 2.09. The predicted octanol–water partition coefficient (Wildman–Crippen LogP) is 4.08. The van der Waals surface area contributed by atoms with Gasteiger partial charge in [0.2, 0.25) is 0 Å². The van der Waals surface area contributed by atoms with E-state index in [4.69, 9.17) is 16.6 Å². The summed E-state index contributed by atoms with van der Waals surface area (Å²) in [7, 11) is 0. The van der Waals surface area contributed by atoms with Crippen molar-refractivity contribution >= 4 is 34.9 Å². The number of anilines is 2. The molecular formula is C22H29N5OS. The van der Waals surface area contributed by atoms with Gasteiger partial charge in [-0.15, -0.1) is 11.8 Å². The van der Waals surface area contributed by atoms with E-state index >= 15 is 0 Å². The van der Waals surface area contributed by atoms with Crippen LogP contribution in [-0.4, -0.2) is 35.6 Å². The summed E-state index contributed by atoms with van der Waals surface area (Å²) >= 11 is 1.62. The van der Waals surface area contributed by atoms with Gasteiger partial charge in [0.15, 0.2) is 0 Å². The molecule has 5 N–H and O–H groups in total. The van der Waals surface area contributed by atoms with Crippen molar-refractivity contribution in [2.24, 2.45) is 5.10 Å². The second-order valence-corrected chi connectivity index (χ2v) is 8.15. The SMILES string of the molecule is CCCCNC(=O)N1N=C(c2ccc(N)cc2)c2cc(N)c(SC)cc2CC1C. The summed E-state index contributed by atoms with van der Waals surface area (Å²) in [6.45, 7) is 4.76. The lowest BCUT2D eigenvalue weighted by atomic mass is 9.94. The molecule has 1 aliphatic rings. The van der Waals surface area contributed by atoms with E-state index in [-0.39, 0.29) is 12.1 Å². The number of nitrogens with two attached hydrogens (primary N) is 2.